The molecule has 0 aliphatic carbocycles. The lowest BCUT2D eigenvalue weighted by molar-refractivity contribution is -0.139. The Morgan fingerprint density at radius 2 is 1.63 bits per heavy atom. The Hall–Kier alpha value is -1.03. The topological polar surface area (TPSA) is 12.0 Å². The van der Waals surface area contributed by atoms with Crippen molar-refractivity contribution in [2.75, 3.05) is 0 Å². The molecule has 2 atom stereocenters. The van der Waals surface area contributed by atoms with Crippen LogP contribution in [0, 0.1) is 5.92 Å². The average Bonchev–Trinajstić information content (AvgIpc) is 2.26. The Labute approximate surface area is 113 Å². The van der Waals surface area contributed by atoms with Gasteiger partial charge in [-0.05, 0) is 24.8 Å². The van der Waals surface area contributed by atoms with Crippen LogP contribution in [0.5, 0.6) is 0 Å². The van der Waals surface area contributed by atoms with Gasteiger partial charge in [-0.2, -0.15) is 13.2 Å². The Balaban J connectivity index is 2.70. The van der Waals surface area contributed by atoms with E-state index >= 15 is 0 Å². The average molecular weight is 273 g/mol. The van der Waals surface area contributed by atoms with Crippen LogP contribution in [0.15, 0.2) is 30.3 Å². The van der Waals surface area contributed by atoms with Gasteiger partial charge >= 0.3 is 6.18 Å². The molecule has 0 aromatic heterocycles. The fourth-order valence-corrected chi connectivity index (χ4v) is 2.21. The van der Waals surface area contributed by atoms with Crippen molar-refractivity contribution in [3.8, 4) is 0 Å². The van der Waals surface area contributed by atoms with E-state index in [1.165, 1.54) is 0 Å². The van der Waals surface area contributed by atoms with Gasteiger partial charge in [0, 0.05) is 12.1 Å². The van der Waals surface area contributed by atoms with Gasteiger partial charge in [0.25, 0.3) is 0 Å². The van der Waals surface area contributed by atoms with Crippen LogP contribution in [0.25, 0.3) is 0 Å². The maximum absolute atomic E-state index is 12.4. The fraction of sp³-hybridized carbons (Fsp3) is 0.600. The third kappa shape index (κ3) is 6.62. The molecule has 1 aromatic rings. The summed E-state index contributed by atoms with van der Waals surface area (Å²) in [5.74, 6) is 0.427. The molecule has 0 aliphatic heterocycles. The molecule has 0 aliphatic rings. The van der Waals surface area contributed by atoms with Crippen molar-refractivity contribution < 1.29 is 13.2 Å². The summed E-state index contributed by atoms with van der Waals surface area (Å²) in [5, 5.41) is 3.10. The third-order valence-corrected chi connectivity index (χ3v) is 2.93. The summed E-state index contributed by atoms with van der Waals surface area (Å²) in [4.78, 5) is 0. The summed E-state index contributed by atoms with van der Waals surface area (Å²) in [6.07, 6.45) is -4.09. The summed E-state index contributed by atoms with van der Waals surface area (Å²) in [6, 6.07) is 9.05. The Morgan fingerprint density at radius 1 is 1.05 bits per heavy atom. The van der Waals surface area contributed by atoms with Crippen LogP contribution < -0.4 is 5.32 Å². The first kappa shape index (κ1) is 16.0. The largest absolute Gasteiger partial charge is 0.390 e. The maximum Gasteiger partial charge on any atom is 0.390 e. The second kappa shape index (κ2) is 6.94. The highest BCUT2D eigenvalue weighted by atomic mass is 19.4. The number of alkyl halides is 3. The van der Waals surface area contributed by atoms with E-state index in [0.29, 0.717) is 5.92 Å². The molecule has 4 heteroatoms. The second-order valence-electron chi connectivity index (χ2n) is 5.48. The summed E-state index contributed by atoms with van der Waals surface area (Å²) < 4.78 is 37.1. The van der Waals surface area contributed by atoms with E-state index < -0.39 is 18.6 Å². The van der Waals surface area contributed by atoms with Crippen molar-refractivity contribution in [1.29, 1.82) is 0 Å². The van der Waals surface area contributed by atoms with Crippen LogP contribution in [-0.4, -0.2) is 12.2 Å². The molecule has 0 bridgehead atoms. The van der Waals surface area contributed by atoms with Gasteiger partial charge in [-0.15, -0.1) is 0 Å². The summed E-state index contributed by atoms with van der Waals surface area (Å²) >= 11 is 0. The van der Waals surface area contributed by atoms with E-state index in [-0.39, 0.29) is 6.04 Å². The molecule has 1 nitrogen and oxygen atoms in total. The molecule has 2 unspecified atom stereocenters. The lowest BCUT2D eigenvalue weighted by Gasteiger charge is -2.26. The monoisotopic (exact) mass is 273 g/mol. The standard InChI is InChI=1S/C15H22F3N/c1-11(2)9-14(13-7-5-4-6-8-13)19-12(3)10-15(16,17)18/h4-8,11-12,14,19H,9-10H2,1-3H3. The molecule has 0 saturated heterocycles. The molecule has 0 amide bonds. The van der Waals surface area contributed by atoms with Gasteiger partial charge in [0.15, 0.2) is 0 Å². The normalized spacial score (nSPS) is 15.5. The molecule has 1 N–H and O–H groups in total. The van der Waals surface area contributed by atoms with Crippen LogP contribution in [0.1, 0.15) is 45.2 Å². The Bertz CT molecular complexity index is 359. The maximum atomic E-state index is 12.4. The van der Waals surface area contributed by atoms with Crippen LogP contribution in [0.2, 0.25) is 0 Å². The highest BCUT2D eigenvalue weighted by Gasteiger charge is 2.31. The minimum atomic E-state index is -4.12. The van der Waals surface area contributed by atoms with Crippen molar-refractivity contribution in [2.45, 2.75) is 51.9 Å². The number of nitrogens with one attached hydrogen (secondary N) is 1. The zero-order chi connectivity index (χ0) is 14.5. The first-order valence-corrected chi connectivity index (χ1v) is 6.65. The number of hydrogen-bond acceptors (Lipinski definition) is 1. The van der Waals surface area contributed by atoms with Gasteiger partial charge in [-0.25, -0.2) is 0 Å². The lowest BCUT2D eigenvalue weighted by atomic mass is 9.96. The van der Waals surface area contributed by atoms with Crippen molar-refractivity contribution in [1.82, 2.24) is 5.32 Å². The van der Waals surface area contributed by atoms with Crippen LogP contribution in [0.3, 0.4) is 0 Å². The van der Waals surface area contributed by atoms with Gasteiger partial charge in [0.1, 0.15) is 0 Å². The number of halogens is 3. The van der Waals surface area contributed by atoms with E-state index in [0.717, 1.165) is 12.0 Å². The van der Waals surface area contributed by atoms with E-state index in [9.17, 15) is 13.2 Å². The smallest absolute Gasteiger partial charge is 0.307 e. The number of rotatable bonds is 6. The second-order valence-corrected chi connectivity index (χ2v) is 5.48. The van der Waals surface area contributed by atoms with Gasteiger partial charge in [0.2, 0.25) is 0 Å². The molecule has 0 heterocycles. The molecule has 0 saturated carbocycles. The van der Waals surface area contributed by atoms with Crippen molar-refractivity contribution >= 4 is 0 Å². The van der Waals surface area contributed by atoms with Crippen LogP contribution >= 0.6 is 0 Å². The quantitative estimate of drug-likeness (QED) is 0.792. The Kier molecular flexibility index (Phi) is 5.85. The minimum absolute atomic E-state index is 0.0291. The van der Waals surface area contributed by atoms with Crippen LogP contribution in [0.4, 0.5) is 13.2 Å². The van der Waals surface area contributed by atoms with E-state index in [1.807, 2.05) is 30.3 Å². The van der Waals surface area contributed by atoms with Crippen molar-refractivity contribution in [3.63, 3.8) is 0 Å². The molecular weight excluding hydrogens is 251 g/mol. The number of benzene rings is 1. The molecule has 0 fully saturated rings. The third-order valence-electron chi connectivity index (χ3n) is 2.93. The first-order chi connectivity index (χ1) is 8.78. The van der Waals surface area contributed by atoms with Crippen molar-refractivity contribution in [3.05, 3.63) is 35.9 Å². The van der Waals surface area contributed by atoms with Crippen LogP contribution in [-0.2, 0) is 0 Å². The van der Waals surface area contributed by atoms with E-state index in [1.54, 1.807) is 6.92 Å². The predicted molar refractivity (Wildman–Crippen MR) is 71.9 cm³/mol. The highest BCUT2D eigenvalue weighted by Crippen LogP contribution is 2.25. The SMILES string of the molecule is CC(C)CC(NC(C)CC(F)(F)F)c1ccccc1. The van der Waals surface area contributed by atoms with E-state index in [4.69, 9.17) is 0 Å². The molecule has 0 radical (unpaired) electrons. The summed E-state index contributed by atoms with van der Waals surface area (Å²) in [7, 11) is 0. The summed E-state index contributed by atoms with van der Waals surface area (Å²) in [5.41, 5.74) is 1.05. The predicted octanol–water partition coefficient (Wildman–Crippen LogP) is 4.70. The number of hydrogen-bond donors (Lipinski definition) is 1. The van der Waals surface area contributed by atoms with Gasteiger partial charge in [0.05, 0.1) is 6.42 Å². The fourth-order valence-electron chi connectivity index (χ4n) is 2.21. The van der Waals surface area contributed by atoms with Gasteiger partial charge in [-0.1, -0.05) is 44.2 Å². The molecule has 1 aromatic carbocycles. The Morgan fingerprint density at radius 3 is 2.11 bits per heavy atom. The van der Waals surface area contributed by atoms with Gasteiger partial charge < -0.3 is 5.32 Å². The molecular formula is C15H22F3N. The molecule has 19 heavy (non-hydrogen) atoms. The van der Waals surface area contributed by atoms with Crippen molar-refractivity contribution in [2.24, 2.45) is 5.92 Å². The molecule has 0 spiro atoms. The van der Waals surface area contributed by atoms with E-state index in [2.05, 4.69) is 19.2 Å². The summed E-state index contributed by atoms with van der Waals surface area (Å²) in [6.45, 7) is 5.74. The minimum Gasteiger partial charge on any atom is -0.307 e. The molecule has 108 valence electrons. The van der Waals surface area contributed by atoms with Gasteiger partial charge in [-0.3, -0.25) is 0 Å². The highest BCUT2D eigenvalue weighted by molar-refractivity contribution is 5.19. The molecule has 1 rings (SSSR count). The zero-order valence-corrected chi connectivity index (χ0v) is 11.7. The zero-order valence-electron chi connectivity index (χ0n) is 11.7. The first-order valence-electron chi connectivity index (χ1n) is 6.65. The lowest BCUT2D eigenvalue weighted by Crippen LogP contribution is -2.34.